The van der Waals surface area contributed by atoms with E-state index in [-0.39, 0.29) is 29.8 Å². The van der Waals surface area contributed by atoms with E-state index in [0.717, 1.165) is 18.6 Å². The summed E-state index contributed by atoms with van der Waals surface area (Å²) in [5.74, 6) is 0.910. The summed E-state index contributed by atoms with van der Waals surface area (Å²) in [5.41, 5.74) is 1.25. The van der Waals surface area contributed by atoms with E-state index in [2.05, 4.69) is 0 Å². The number of aliphatic hydroxyl groups is 1. The van der Waals surface area contributed by atoms with Gasteiger partial charge in [-0.1, -0.05) is 12.1 Å². The Morgan fingerprint density at radius 1 is 1.20 bits per heavy atom. The Bertz CT molecular complexity index is 257. The summed E-state index contributed by atoms with van der Waals surface area (Å²) in [6, 6.07) is 8.06. The van der Waals surface area contributed by atoms with Crippen molar-refractivity contribution < 1.29 is 26.9 Å². The van der Waals surface area contributed by atoms with E-state index in [1.54, 1.807) is 0 Å². The molecular weight excluding hydrogens is 240 g/mol. The van der Waals surface area contributed by atoms with Crippen LogP contribution in [0.15, 0.2) is 24.3 Å². The van der Waals surface area contributed by atoms with Gasteiger partial charge in [-0.2, -0.15) is 0 Å². The number of aryl methyl sites for hydroxylation is 1. The predicted molar refractivity (Wildman–Crippen MR) is 57.6 cm³/mol. The number of hydrogen-bond acceptors (Lipinski definition) is 2. The Morgan fingerprint density at radius 2 is 1.80 bits per heavy atom. The second-order valence-electron chi connectivity index (χ2n) is 3.64. The van der Waals surface area contributed by atoms with Crippen LogP contribution in [-0.4, -0.2) is 17.8 Å². The topological polar surface area (TPSA) is 29.5 Å². The normalized spacial score (nSPS) is 9.87. The molecule has 1 aromatic rings. The summed E-state index contributed by atoms with van der Waals surface area (Å²) in [6.07, 6.45) is 1.97. The molecular formula is C12H18CuO2. The Kier molecular flexibility index (Phi) is 7.49. The largest absolute Gasteiger partial charge is 0.491 e. The van der Waals surface area contributed by atoms with Gasteiger partial charge >= 0.3 is 0 Å². The van der Waals surface area contributed by atoms with Crippen LogP contribution in [0.25, 0.3) is 0 Å². The van der Waals surface area contributed by atoms with Crippen LogP contribution in [0.3, 0.4) is 0 Å². The Hall–Kier alpha value is -0.501. The maximum Gasteiger partial charge on any atom is 0.119 e. The molecule has 1 N–H and O–H groups in total. The van der Waals surface area contributed by atoms with Crippen LogP contribution in [-0.2, 0) is 23.5 Å². The van der Waals surface area contributed by atoms with Crippen molar-refractivity contribution in [3.8, 4) is 5.75 Å². The molecule has 89 valence electrons. The molecule has 0 amide bonds. The van der Waals surface area contributed by atoms with Gasteiger partial charge in [0.15, 0.2) is 0 Å². The molecule has 0 saturated carbocycles. The van der Waals surface area contributed by atoms with Gasteiger partial charge in [-0.25, -0.2) is 0 Å². The molecule has 3 heteroatoms. The molecule has 0 spiro atoms. The van der Waals surface area contributed by atoms with Gasteiger partial charge in [0.1, 0.15) is 5.75 Å². The van der Waals surface area contributed by atoms with Crippen LogP contribution in [0.1, 0.15) is 25.8 Å². The van der Waals surface area contributed by atoms with Gasteiger partial charge in [-0.05, 0) is 44.4 Å². The Morgan fingerprint density at radius 3 is 2.27 bits per heavy atom. The van der Waals surface area contributed by atoms with Gasteiger partial charge in [0.2, 0.25) is 0 Å². The standard InChI is InChI=1S/C12H18O2.Cu/c1-10(2)14-12-7-5-11(6-8-12)4-3-9-13;/h5-8,10,13H,3-4,9H2,1-2H3;. The summed E-state index contributed by atoms with van der Waals surface area (Å²) in [4.78, 5) is 0. The van der Waals surface area contributed by atoms with Crippen LogP contribution in [0.2, 0.25) is 0 Å². The maximum absolute atomic E-state index is 8.68. The molecule has 0 atom stereocenters. The molecule has 0 aliphatic carbocycles. The van der Waals surface area contributed by atoms with E-state index < -0.39 is 0 Å². The molecule has 0 saturated heterocycles. The van der Waals surface area contributed by atoms with Crippen molar-refractivity contribution in [3.05, 3.63) is 29.8 Å². The third-order valence-electron chi connectivity index (χ3n) is 1.92. The monoisotopic (exact) mass is 257 g/mol. The zero-order valence-corrected chi connectivity index (χ0v) is 10.1. The van der Waals surface area contributed by atoms with Crippen molar-refractivity contribution in [2.24, 2.45) is 0 Å². The molecule has 0 aliphatic heterocycles. The molecule has 0 heterocycles. The van der Waals surface area contributed by atoms with E-state index >= 15 is 0 Å². The molecule has 0 unspecified atom stereocenters. The second kappa shape index (κ2) is 7.75. The number of aliphatic hydroxyl groups excluding tert-OH is 1. The van der Waals surface area contributed by atoms with Crippen molar-refractivity contribution in [1.82, 2.24) is 0 Å². The minimum Gasteiger partial charge on any atom is -0.491 e. The van der Waals surface area contributed by atoms with Crippen molar-refractivity contribution in [3.63, 3.8) is 0 Å². The number of rotatable bonds is 5. The minimum absolute atomic E-state index is 0. The number of hydrogen-bond donors (Lipinski definition) is 1. The fourth-order valence-electron chi connectivity index (χ4n) is 1.29. The SMILES string of the molecule is CC(C)Oc1ccc(CCCO)cc1.[Cu]. The minimum atomic E-state index is 0. The molecule has 0 fully saturated rings. The number of ether oxygens (including phenoxy) is 1. The van der Waals surface area contributed by atoms with E-state index in [0.29, 0.717) is 0 Å². The first-order chi connectivity index (χ1) is 6.72. The molecule has 1 rings (SSSR count). The smallest absolute Gasteiger partial charge is 0.119 e. The predicted octanol–water partition coefficient (Wildman–Crippen LogP) is 2.40. The Labute approximate surface area is 102 Å². The average Bonchev–Trinajstić information content (AvgIpc) is 2.16. The van der Waals surface area contributed by atoms with Gasteiger partial charge in [0.05, 0.1) is 6.10 Å². The summed E-state index contributed by atoms with van der Waals surface area (Å²) in [7, 11) is 0. The van der Waals surface area contributed by atoms with Crippen LogP contribution in [0, 0.1) is 0 Å². The summed E-state index contributed by atoms with van der Waals surface area (Å²) < 4.78 is 5.52. The molecule has 1 aromatic carbocycles. The van der Waals surface area contributed by atoms with Gasteiger partial charge in [0.25, 0.3) is 0 Å². The molecule has 15 heavy (non-hydrogen) atoms. The summed E-state index contributed by atoms with van der Waals surface area (Å²) in [6.45, 7) is 4.28. The van der Waals surface area contributed by atoms with Crippen molar-refractivity contribution >= 4 is 0 Å². The zero-order chi connectivity index (χ0) is 10.4. The molecule has 0 aliphatic rings. The van der Waals surface area contributed by atoms with Crippen LogP contribution in [0.5, 0.6) is 5.75 Å². The third kappa shape index (κ3) is 5.83. The fraction of sp³-hybridized carbons (Fsp3) is 0.500. The van der Waals surface area contributed by atoms with E-state index in [4.69, 9.17) is 9.84 Å². The zero-order valence-electron chi connectivity index (χ0n) is 9.17. The fourth-order valence-corrected chi connectivity index (χ4v) is 1.29. The van der Waals surface area contributed by atoms with E-state index in [9.17, 15) is 0 Å². The van der Waals surface area contributed by atoms with Crippen molar-refractivity contribution in [2.45, 2.75) is 32.8 Å². The van der Waals surface area contributed by atoms with Crippen molar-refractivity contribution in [1.29, 1.82) is 0 Å². The first kappa shape index (κ1) is 14.5. The Balaban J connectivity index is 0.00000196. The van der Waals surface area contributed by atoms with Crippen molar-refractivity contribution in [2.75, 3.05) is 6.61 Å². The first-order valence-electron chi connectivity index (χ1n) is 5.09. The average molecular weight is 258 g/mol. The van der Waals surface area contributed by atoms with E-state index in [1.165, 1.54) is 5.56 Å². The second-order valence-corrected chi connectivity index (χ2v) is 3.64. The molecule has 1 radical (unpaired) electrons. The van der Waals surface area contributed by atoms with E-state index in [1.807, 2.05) is 38.1 Å². The van der Waals surface area contributed by atoms with Crippen LogP contribution >= 0.6 is 0 Å². The van der Waals surface area contributed by atoms with Gasteiger partial charge < -0.3 is 9.84 Å². The maximum atomic E-state index is 8.68. The quantitative estimate of drug-likeness (QED) is 0.821. The molecule has 0 aromatic heterocycles. The van der Waals surface area contributed by atoms with Crippen LogP contribution in [0.4, 0.5) is 0 Å². The summed E-state index contributed by atoms with van der Waals surface area (Å²) >= 11 is 0. The molecule has 2 nitrogen and oxygen atoms in total. The van der Waals surface area contributed by atoms with Gasteiger partial charge in [-0.15, -0.1) is 0 Å². The third-order valence-corrected chi connectivity index (χ3v) is 1.92. The summed E-state index contributed by atoms with van der Waals surface area (Å²) in [5, 5.41) is 8.68. The molecule has 0 bridgehead atoms. The van der Waals surface area contributed by atoms with Gasteiger partial charge in [0, 0.05) is 23.7 Å². The number of benzene rings is 1. The first-order valence-corrected chi connectivity index (χ1v) is 5.09. The van der Waals surface area contributed by atoms with Gasteiger partial charge in [-0.3, -0.25) is 0 Å². The van der Waals surface area contributed by atoms with Crippen LogP contribution < -0.4 is 4.74 Å².